The van der Waals surface area contributed by atoms with Crippen molar-refractivity contribution in [3.8, 4) is 0 Å². The number of thioether (sulfide) groups is 1. The van der Waals surface area contributed by atoms with Gasteiger partial charge < -0.3 is 0 Å². The molecule has 0 fully saturated rings. The van der Waals surface area contributed by atoms with Gasteiger partial charge in [-0.05, 0) is 6.26 Å². The van der Waals surface area contributed by atoms with Crippen LogP contribution < -0.4 is 5.56 Å². The average Bonchev–Trinajstić information content (AvgIpc) is 1.88. The third-order valence-electron chi connectivity index (χ3n) is 0.876. The highest BCUT2D eigenvalue weighted by Crippen LogP contribution is 2.07. The summed E-state index contributed by atoms with van der Waals surface area (Å²) in [5, 5.41) is 5.88. The number of rotatable bonds is 1. The van der Waals surface area contributed by atoms with E-state index in [0.717, 1.165) is 4.90 Å². The maximum Gasteiger partial charge on any atom is 0.265 e. The van der Waals surface area contributed by atoms with Gasteiger partial charge in [0.05, 0.1) is 6.20 Å². The van der Waals surface area contributed by atoms with E-state index in [4.69, 9.17) is 0 Å². The van der Waals surface area contributed by atoms with Crippen LogP contribution in [0.1, 0.15) is 0 Å². The molecule has 0 atom stereocenters. The Kier molecular flexibility index (Phi) is 1.89. The van der Waals surface area contributed by atoms with Crippen LogP contribution in [0, 0.1) is 0 Å². The average molecular weight is 142 g/mol. The molecular formula is C5H6N2OS. The molecule has 4 heteroatoms. The zero-order valence-corrected chi connectivity index (χ0v) is 5.73. The molecule has 0 aromatic carbocycles. The molecule has 0 radical (unpaired) electrons. The van der Waals surface area contributed by atoms with E-state index in [1.54, 1.807) is 6.20 Å². The number of H-pyrrole nitrogens is 1. The Bertz CT molecular complexity index is 245. The van der Waals surface area contributed by atoms with Crippen LogP contribution >= 0.6 is 11.8 Å². The van der Waals surface area contributed by atoms with Gasteiger partial charge in [-0.15, -0.1) is 11.8 Å². The standard InChI is InChI=1S/C5H6N2OS/c1-9-4-2-5(8)7-6-3-4/h2-3H,1H3,(H,7,8). The molecule has 1 aromatic rings. The Hall–Kier alpha value is -0.770. The summed E-state index contributed by atoms with van der Waals surface area (Å²) in [5.41, 5.74) is -0.151. The van der Waals surface area contributed by atoms with Crippen molar-refractivity contribution in [2.24, 2.45) is 0 Å². The largest absolute Gasteiger partial charge is 0.268 e. The van der Waals surface area contributed by atoms with Crippen LogP contribution in [-0.2, 0) is 0 Å². The van der Waals surface area contributed by atoms with Gasteiger partial charge >= 0.3 is 0 Å². The van der Waals surface area contributed by atoms with E-state index in [-0.39, 0.29) is 5.56 Å². The summed E-state index contributed by atoms with van der Waals surface area (Å²) in [6.07, 6.45) is 3.52. The molecule has 1 aromatic heterocycles. The van der Waals surface area contributed by atoms with E-state index < -0.39 is 0 Å². The lowest BCUT2D eigenvalue weighted by Gasteiger charge is -1.88. The van der Waals surface area contributed by atoms with Crippen LogP contribution in [0.3, 0.4) is 0 Å². The van der Waals surface area contributed by atoms with E-state index in [1.807, 2.05) is 6.26 Å². The van der Waals surface area contributed by atoms with Crippen LogP contribution in [0.15, 0.2) is 22.0 Å². The van der Waals surface area contributed by atoms with Crippen molar-refractivity contribution in [2.45, 2.75) is 4.90 Å². The molecule has 0 aliphatic rings. The van der Waals surface area contributed by atoms with Crippen LogP contribution in [0.4, 0.5) is 0 Å². The molecule has 0 unspecified atom stereocenters. The quantitative estimate of drug-likeness (QED) is 0.580. The zero-order valence-electron chi connectivity index (χ0n) is 4.92. The maximum atomic E-state index is 10.5. The van der Waals surface area contributed by atoms with Crippen LogP contribution in [0.2, 0.25) is 0 Å². The first-order valence-electron chi connectivity index (χ1n) is 2.41. The minimum atomic E-state index is -0.151. The highest BCUT2D eigenvalue weighted by molar-refractivity contribution is 7.98. The number of nitrogens with one attached hydrogen (secondary N) is 1. The van der Waals surface area contributed by atoms with E-state index in [0.29, 0.717) is 0 Å². The normalized spacial score (nSPS) is 9.44. The summed E-state index contributed by atoms with van der Waals surface area (Å²) in [5.74, 6) is 0. The second kappa shape index (κ2) is 2.68. The van der Waals surface area contributed by atoms with Crippen molar-refractivity contribution in [1.29, 1.82) is 0 Å². The Morgan fingerprint density at radius 3 is 3.00 bits per heavy atom. The molecule has 0 aliphatic carbocycles. The van der Waals surface area contributed by atoms with Gasteiger partial charge in [0.15, 0.2) is 0 Å². The van der Waals surface area contributed by atoms with Gasteiger partial charge in [-0.1, -0.05) is 0 Å². The molecular weight excluding hydrogens is 136 g/mol. The van der Waals surface area contributed by atoms with Crippen LogP contribution in [0.5, 0.6) is 0 Å². The van der Waals surface area contributed by atoms with E-state index >= 15 is 0 Å². The predicted octanol–water partition coefficient (Wildman–Crippen LogP) is 0.492. The summed E-state index contributed by atoms with van der Waals surface area (Å²) >= 11 is 1.50. The maximum absolute atomic E-state index is 10.5. The summed E-state index contributed by atoms with van der Waals surface area (Å²) in [7, 11) is 0. The van der Waals surface area contributed by atoms with Crippen molar-refractivity contribution in [3.05, 3.63) is 22.6 Å². The van der Waals surface area contributed by atoms with Crippen molar-refractivity contribution in [3.63, 3.8) is 0 Å². The zero-order chi connectivity index (χ0) is 6.69. The van der Waals surface area contributed by atoms with Crippen molar-refractivity contribution in [2.75, 3.05) is 6.26 Å². The molecule has 0 saturated carbocycles. The van der Waals surface area contributed by atoms with Crippen molar-refractivity contribution < 1.29 is 0 Å². The Labute approximate surface area is 56.5 Å². The lowest BCUT2D eigenvalue weighted by molar-refractivity contribution is 0.957. The third kappa shape index (κ3) is 1.57. The highest BCUT2D eigenvalue weighted by Gasteiger charge is 1.87. The molecule has 1 heterocycles. The van der Waals surface area contributed by atoms with E-state index in [9.17, 15) is 4.79 Å². The fourth-order valence-electron chi connectivity index (χ4n) is 0.470. The molecule has 0 bridgehead atoms. The number of nitrogens with zero attached hydrogens (tertiary/aromatic N) is 1. The molecule has 0 amide bonds. The molecule has 0 spiro atoms. The lowest BCUT2D eigenvalue weighted by atomic mass is 10.6. The van der Waals surface area contributed by atoms with Gasteiger partial charge in [-0.25, -0.2) is 5.10 Å². The number of hydrogen-bond donors (Lipinski definition) is 1. The second-order valence-corrected chi connectivity index (χ2v) is 2.36. The van der Waals surface area contributed by atoms with E-state index in [2.05, 4.69) is 10.2 Å². The van der Waals surface area contributed by atoms with Gasteiger partial charge in [0.1, 0.15) is 0 Å². The summed E-state index contributed by atoms with van der Waals surface area (Å²) in [4.78, 5) is 11.4. The predicted molar refractivity (Wildman–Crippen MR) is 36.6 cm³/mol. The molecule has 3 nitrogen and oxygen atoms in total. The van der Waals surface area contributed by atoms with Gasteiger partial charge in [-0.2, -0.15) is 5.10 Å². The highest BCUT2D eigenvalue weighted by atomic mass is 32.2. The third-order valence-corrected chi connectivity index (χ3v) is 1.57. The first-order chi connectivity index (χ1) is 4.33. The fourth-order valence-corrected chi connectivity index (χ4v) is 0.853. The van der Waals surface area contributed by atoms with Gasteiger partial charge in [-0.3, -0.25) is 4.79 Å². The number of aromatic nitrogens is 2. The topological polar surface area (TPSA) is 45.8 Å². The Morgan fingerprint density at radius 1 is 1.78 bits per heavy atom. The van der Waals surface area contributed by atoms with E-state index in [1.165, 1.54) is 17.8 Å². The molecule has 1 rings (SSSR count). The Morgan fingerprint density at radius 2 is 2.56 bits per heavy atom. The first kappa shape index (κ1) is 6.35. The van der Waals surface area contributed by atoms with Crippen LogP contribution in [0.25, 0.3) is 0 Å². The van der Waals surface area contributed by atoms with Gasteiger partial charge in [0.2, 0.25) is 0 Å². The fraction of sp³-hybridized carbons (Fsp3) is 0.200. The first-order valence-corrected chi connectivity index (χ1v) is 3.64. The molecule has 1 N–H and O–H groups in total. The van der Waals surface area contributed by atoms with Gasteiger partial charge in [0, 0.05) is 11.0 Å². The second-order valence-electron chi connectivity index (χ2n) is 1.49. The molecule has 0 aliphatic heterocycles. The van der Waals surface area contributed by atoms with Crippen molar-refractivity contribution >= 4 is 11.8 Å². The smallest absolute Gasteiger partial charge is 0.265 e. The number of aromatic amines is 1. The SMILES string of the molecule is CSc1cn[nH]c(=O)c1. The number of hydrogen-bond acceptors (Lipinski definition) is 3. The van der Waals surface area contributed by atoms with Crippen molar-refractivity contribution in [1.82, 2.24) is 10.2 Å². The summed E-state index contributed by atoms with van der Waals surface area (Å²) in [6.45, 7) is 0. The minimum Gasteiger partial charge on any atom is -0.268 e. The molecule has 48 valence electrons. The monoisotopic (exact) mass is 142 g/mol. The minimum absolute atomic E-state index is 0.151. The molecule has 9 heavy (non-hydrogen) atoms. The van der Waals surface area contributed by atoms with Gasteiger partial charge in [0.25, 0.3) is 5.56 Å². The summed E-state index contributed by atoms with van der Waals surface area (Å²) < 4.78 is 0. The Balaban J connectivity index is 3.08. The lowest BCUT2D eigenvalue weighted by Crippen LogP contribution is -2.04. The molecule has 0 saturated heterocycles. The van der Waals surface area contributed by atoms with Crippen LogP contribution in [-0.4, -0.2) is 16.5 Å². The summed E-state index contributed by atoms with van der Waals surface area (Å²) in [6, 6.07) is 1.51.